The number of rotatable bonds is 4. The molecule has 174 valence electrons. The molecule has 0 radical (unpaired) electrons. The molecule has 34 heavy (non-hydrogen) atoms. The molecule has 0 atom stereocenters. The second kappa shape index (κ2) is 8.93. The van der Waals surface area contributed by atoms with E-state index in [-0.39, 0.29) is 23.5 Å². The molecule has 1 N–H and O–H groups in total. The van der Waals surface area contributed by atoms with Gasteiger partial charge in [-0.1, -0.05) is 25.3 Å². The maximum Gasteiger partial charge on any atom is 0.256 e. The number of hydrogen-bond donors (Lipinski definition) is 1. The minimum absolute atomic E-state index is 0.0727. The predicted octanol–water partition coefficient (Wildman–Crippen LogP) is 5.92. The van der Waals surface area contributed by atoms with Crippen molar-refractivity contribution in [2.24, 2.45) is 0 Å². The van der Waals surface area contributed by atoms with E-state index in [1.807, 2.05) is 0 Å². The lowest BCUT2D eigenvalue weighted by atomic mass is 9.96. The molecule has 1 aliphatic rings. The number of fused-ring (bicyclic) bond motifs is 1. The summed E-state index contributed by atoms with van der Waals surface area (Å²) >= 11 is 0. The Morgan fingerprint density at radius 2 is 1.68 bits per heavy atom. The minimum Gasteiger partial charge on any atom is -0.351 e. The molecule has 4 aromatic rings. The van der Waals surface area contributed by atoms with Crippen LogP contribution in [-0.2, 0) is 0 Å². The number of aryl methyl sites for hydroxylation is 1. The van der Waals surface area contributed by atoms with Crippen LogP contribution >= 0.6 is 0 Å². The summed E-state index contributed by atoms with van der Waals surface area (Å²) in [5.74, 6) is -1.89. The van der Waals surface area contributed by atoms with Crippen LogP contribution in [-0.4, -0.2) is 20.6 Å². The van der Waals surface area contributed by atoms with Crippen molar-refractivity contribution in [3.8, 4) is 16.9 Å². The molecule has 0 saturated heterocycles. The van der Waals surface area contributed by atoms with Crippen LogP contribution in [0.2, 0.25) is 0 Å². The van der Waals surface area contributed by atoms with Gasteiger partial charge in [-0.15, -0.1) is 0 Å². The quantitative estimate of drug-likeness (QED) is 0.407. The highest BCUT2D eigenvalue weighted by atomic mass is 19.1. The Morgan fingerprint density at radius 3 is 2.38 bits per heavy atom. The molecule has 2 heterocycles. The number of para-hydroxylation sites is 1. The average molecular weight is 464 g/mol. The predicted molar refractivity (Wildman–Crippen MR) is 126 cm³/mol. The Balaban J connectivity index is 1.81. The van der Waals surface area contributed by atoms with Crippen LogP contribution in [0.15, 0.2) is 53.3 Å². The summed E-state index contributed by atoms with van der Waals surface area (Å²) in [7, 11) is 0. The van der Waals surface area contributed by atoms with Gasteiger partial charge in [-0.2, -0.15) is 4.98 Å². The van der Waals surface area contributed by atoms with Gasteiger partial charge in [0.2, 0.25) is 5.95 Å². The first-order chi connectivity index (χ1) is 16.4. The van der Waals surface area contributed by atoms with Crippen molar-refractivity contribution in [2.45, 2.75) is 45.1 Å². The van der Waals surface area contributed by atoms with E-state index < -0.39 is 22.9 Å². The van der Waals surface area contributed by atoms with Crippen molar-refractivity contribution in [1.82, 2.24) is 14.5 Å². The van der Waals surface area contributed by atoms with E-state index in [0.29, 0.717) is 22.2 Å². The summed E-state index contributed by atoms with van der Waals surface area (Å²) in [4.78, 5) is 22.2. The van der Waals surface area contributed by atoms with Gasteiger partial charge in [0.15, 0.2) is 5.65 Å². The van der Waals surface area contributed by atoms with E-state index in [1.165, 1.54) is 36.8 Å². The van der Waals surface area contributed by atoms with E-state index in [1.54, 1.807) is 13.0 Å². The monoisotopic (exact) mass is 464 g/mol. The minimum atomic E-state index is -0.880. The van der Waals surface area contributed by atoms with E-state index in [2.05, 4.69) is 10.3 Å². The van der Waals surface area contributed by atoms with Crippen molar-refractivity contribution in [2.75, 3.05) is 5.32 Å². The van der Waals surface area contributed by atoms with Crippen LogP contribution in [0.5, 0.6) is 0 Å². The molecule has 5 rings (SSSR count). The lowest BCUT2D eigenvalue weighted by Gasteiger charge is -2.23. The van der Waals surface area contributed by atoms with Gasteiger partial charge in [0.05, 0.1) is 5.69 Å². The zero-order chi connectivity index (χ0) is 23.8. The second-order valence-corrected chi connectivity index (χ2v) is 8.65. The number of benzene rings is 2. The van der Waals surface area contributed by atoms with E-state index in [4.69, 9.17) is 4.98 Å². The molecule has 0 spiro atoms. The van der Waals surface area contributed by atoms with Crippen LogP contribution in [0, 0.1) is 24.4 Å². The summed E-state index contributed by atoms with van der Waals surface area (Å²) in [5.41, 5.74) is 0.677. The Bertz CT molecular complexity index is 1420. The summed E-state index contributed by atoms with van der Waals surface area (Å²) in [5, 5.41) is 3.76. The van der Waals surface area contributed by atoms with Crippen molar-refractivity contribution >= 4 is 17.0 Å². The maximum atomic E-state index is 14.7. The van der Waals surface area contributed by atoms with Gasteiger partial charge in [0.25, 0.3) is 5.56 Å². The van der Waals surface area contributed by atoms with E-state index >= 15 is 0 Å². The third-order valence-electron chi connectivity index (χ3n) is 6.29. The lowest BCUT2D eigenvalue weighted by molar-refractivity contribution is 0.461. The van der Waals surface area contributed by atoms with Gasteiger partial charge >= 0.3 is 0 Å². The normalized spacial score (nSPS) is 14.5. The zero-order valence-corrected chi connectivity index (χ0v) is 18.6. The van der Waals surface area contributed by atoms with E-state index in [0.717, 1.165) is 42.4 Å². The molecule has 0 bridgehead atoms. The Morgan fingerprint density at radius 1 is 0.941 bits per heavy atom. The molecule has 1 fully saturated rings. The molecule has 2 aromatic heterocycles. The molecule has 0 aliphatic heterocycles. The molecule has 8 heteroatoms. The number of halogens is 3. The van der Waals surface area contributed by atoms with Crippen LogP contribution < -0.4 is 10.9 Å². The lowest BCUT2D eigenvalue weighted by Crippen LogP contribution is -2.25. The number of nitrogens with one attached hydrogen (secondary N) is 1. The van der Waals surface area contributed by atoms with Gasteiger partial charge < -0.3 is 5.32 Å². The van der Waals surface area contributed by atoms with Crippen molar-refractivity contribution in [3.05, 3.63) is 81.9 Å². The first-order valence-electron chi connectivity index (χ1n) is 11.3. The standard InChI is InChI=1S/C26H23F3N4O/c1-15-14-16(27)10-11-18(15)23-19-12-13-22(34)33(24-20(28)8-5-9-21(24)29)25(19)32-26(31-23)30-17-6-3-2-4-7-17/h5,8-14,17H,2-4,6-7H2,1H3,(H,30,31,32). The molecule has 5 nitrogen and oxygen atoms in total. The highest BCUT2D eigenvalue weighted by Gasteiger charge is 2.22. The fraction of sp³-hybridized carbons (Fsp3) is 0.269. The van der Waals surface area contributed by atoms with Gasteiger partial charge in [-0.05, 0) is 61.7 Å². The van der Waals surface area contributed by atoms with Gasteiger partial charge in [-0.25, -0.2) is 18.2 Å². The highest BCUT2D eigenvalue weighted by molar-refractivity contribution is 5.93. The van der Waals surface area contributed by atoms with Crippen LogP contribution in [0.4, 0.5) is 19.1 Å². The fourth-order valence-corrected chi connectivity index (χ4v) is 4.63. The summed E-state index contributed by atoms with van der Waals surface area (Å²) in [6.07, 6.45) is 5.25. The maximum absolute atomic E-state index is 14.7. The third-order valence-corrected chi connectivity index (χ3v) is 6.29. The summed E-state index contributed by atoms with van der Waals surface area (Å²) in [6, 6.07) is 10.7. The van der Waals surface area contributed by atoms with Gasteiger partial charge in [0.1, 0.15) is 23.1 Å². The van der Waals surface area contributed by atoms with Crippen LogP contribution in [0.1, 0.15) is 37.7 Å². The van der Waals surface area contributed by atoms with Crippen molar-refractivity contribution < 1.29 is 13.2 Å². The topological polar surface area (TPSA) is 59.8 Å². The SMILES string of the molecule is Cc1cc(F)ccc1-c1nc(NC2CCCCC2)nc2c1ccc(=O)n2-c1c(F)cccc1F. The molecule has 1 aliphatic carbocycles. The largest absolute Gasteiger partial charge is 0.351 e. The molecular formula is C26H23F3N4O. The fourth-order valence-electron chi connectivity index (χ4n) is 4.63. The average Bonchev–Trinajstić information content (AvgIpc) is 2.80. The number of aromatic nitrogens is 3. The second-order valence-electron chi connectivity index (χ2n) is 8.65. The Labute approximate surface area is 194 Å². The molecule has 0 amide bonds. The first kappa shape index (κ1) is 22.1. The van der Waals surface area contributed by atoms with E-state index in [9.17, 15) is 18.0 Å². The van der Waals surface area contributed by atoms with Gasteiger partial charge in [-0.3, -0.25) is 9.36 Å². The van der Waals surface area contributed by atoms with Gasteiger partial charge in [0, 0.05) is 23.1 Å². The summed E-state index contributed by atoms with van der Waals surface area (Å²) in [6.45, 7) is 1.76. The number of nitrogens with zero attached hydrogens (tertiary/aromatic N) is 3. The Kier molecular flexibility index (Phi) is 5.81. The third kappa shape index (κ3) is 4.04. The zero-order valence-electron chi connectivity index (χ0n) is 18.6. The van der Waals surface area contributed by atoms with Crippen molar-refractivity contribution in [3.63, 3.8) is 0 Å². The number of pyridine rings is 1. The first-order valence-corrected chi connectivity index (χ1v) is 11.3. The van der Waals surface area contributed by atoms with Crippen LogP contribution in [0.3, 0.4) is 0 Å². The number of anilines is 1. The van der Waals surface area contributed by atoms with Crippen molar-refractivity contribution in [1.29, 1.82) is 0 Å². The van der Waals surface area contributed by atoms with Crippen LogP contribution in [0.25, 0.3) is 28.0 Å². The molecule has 1 saturated carbocycles. The molecule has 2 aromatic carbocycles. The molecular weight excluding hydrogens is 441 g/mol. The Hall–Kier alpha value is -3.68. The smallest absolute Gasteiger partial charge is 0.256 e. The number of hydrogen-bond acceptors (Lipinski definition) is 4. The summed E-state index contributed by atoms with van der Waals surface area (Å²) < 4.78 is 44.3. The highest BCUT2D eigenvalue weighted by Crippen LogP contribution is 2.32. The molecule has 0 unspecified atom stereocenters.